The highest BCUT2D eigenvalue weighted by atomic mass is 15.3. The lowest BCUT2D eigenvalue weighted by Crippen LogP contribution is -2.44. The van der Waals surface area contributed by atoms with Crippen molar-refractivity contribution >= 4 is 5.96 Å². The molecular formula is C16H27N5. The lowest BCUT2D eigenvalue weighted by atomic mass is 10.2. The zero-order valence-corrected chi connectivity index (χ0v) is 13.6. The first kappa shape index (κ1) is 15.6. The largest absolute Gasteiger partial charge is 0.356 e. The fraction of sp³-hybridized carbons (Fsp3) is 0.625. The van der Waals surface area contributed by atoms with Crippen LogP contribution in [0.25, 0.3) is 0 Å². The zero-order chi connectivity index (χ0) is 15.2. The fourth-order valence-corrected chi connectivity index (χ4v) is 2.61. The number of hydrogen-bond donors (Lipinski definition) is 2. The second kappa shape index (κ2) is 7.29. The minimum Gasteiger partial charge on any atom is -0.356 e. The topological polar surface area (TPSA) is 54.2 Å². The van der Waals surface area contributed by atoms with Crippen molar-refractivity contribution in [3.8, 4) is 0 Å². The van der Waals surface area contributed by atoms with Crippen molar-refractivity contribution in [1.82, 2.24) is 20.4 Å². The van der Waals surface area contributed by atoms with E-state index in [1.807, 2.05) is 14.0 Å². The first-order chi connectivity index (χ1) is 10.1. The molecule has 0 amide bonds. The number of aliphatic imine (C=N–C) groups is 1. The Morgan fingerprint density at radius 2 is 2.14 bits per heavy atom. The number of hydrogen-bond acceptors (Lipinski definition) is 2. The molecule has 2 N–H and O–H groups in total. The molecule has 0 fully saturated rings. The first-order valence-electron chi connectivity index (χ1n) is 7.71. The number of aryl methyl sites for hydroxylation is 2. The zero-order valence-electron chi connectivity index (χ0n) is 13.6. The van der Waals surface area contributed by atoms with Crippen molar-refractivity contribution < 1.29 is 0 Å². The molecule has 1 aromatic heterocycles. The molecule has 1 atom stereocenters. The molecule has 1 heterocycles. The molecule has 0 radical (unpaired) electrons. The highest BCUT2D eigenvalue weighted by molar-refractivity contribution is 5.80. The predicted octanol–water partition coefficient (Wildman–Crippen LogP) is 2.02. The van der Waals surface area contributed by atoms with E-state index >= 15 is 0 Å². The van der Waals surface area contributed by atoms with Gasteiger partial charge in [-0.25, -0.2) is 0 Å². The van der Waals surface area contributed by atoms with Crippen LogP contribution in [0.2, 0.25) is 0 Å². The van der Waals surface area contributed by atoms with Crippen LogP contribution in [0.5, 0.6) is 0 Å². The van der Waals surface area contributed by atoms with E-state index in [1.165, 1.54) is 5.69 Å². The van der Waals surface area contributed by atoms with Gasteiger partial charge in [-0.15, -0.1) is 0 Å². The smallest absolute Gasteiger partial charge is 0.191 e. The first-order valence-corrected chi connectivity index (χ1v) is 7.71. The fourth-order valence-electron chi connectivity index (χ4n) is 2.61. The summed E-state index contributed by atoms with van der Waals surface area (Å²) in [4.78, 5) is 4.30. The van der Waals surface area contributed by atoms with Gasteiger partial charge in [0.05, 0.1) is 5.69 Å². The summed E-state index contributed by atoms with van der Waals surface area (Å²) in [5.41, 5.74) is 2.30. The maximum absolute atomic E-state index is 4.52. The maximum Gasteiger partial charge on any atom is 0.191 e. The average molecular weight is 289 g/mol. The second-order valence-electron chi connectivity index (χ2n) is 5.95. The second-order valence-corrected chi connectivity index (χ2v) is 5.95. The van der Waals surface area contributed by atoms with Crippen molar-refractivity contribution in [2.24, 2.45) is 10.9 Å². The molecule has 5 heteroatoms. The van der Waals surface area contributed by atoms with Gasteiger partial charge >= 0.3 is 0 Å². The highest BCUT2D eigenvalue weighted by Gasteiger charge is 2.12. The summed E-state index contributed by atoms with van der Waals surface area (Å²) < 4.78 is 2.08. The molecular weight excluding hydrogens is 262 g/mol. The van der Waals surface area contributed by atoms with E-state index in [9.17, 15) is 0 Å². The number of rotatable bonds is 5. The Hall–Kier alpha value is -1.78. The van der Waals surface area contributed by atoms with Crippen LogP contribution in [0, 0.1) is 19.8 Å². The third-order valence-corrected chi connectivity index (χ3v) is 3.78. The normalized spacial score (nSPS) is 17.2. The van der Waals surface area contributed by atoms with Gasteiger partial charge in [0.25, 0.3) is 0 Å². The Balaban J connectivity index is 1.76. The Labute approximate surface area is 127 Å². The molecule has 0 aliphatic heterocycles. The third-order valence-electron chi connectivity index (χ3n) is 3.78. The van der Waals surface area contributed by atoms with Crippen LogP contribution in [0.1, 0.15) is 31.2 Å². The Kier molecular flexibility index (Phi) is 5.42. The SMILES string of the molecule is CN=C(NCC(C)Cn1nc(C)cc1C)NC1CC=CC1. The lowest BCUT2D eigenvalue weighted by Gasteiger charge is -2.19. The van der Waals surface area contributed by atoms with Crippen LogP contribution < -0.4 is 10.6 Å². The minimum absolute atomic E-state index is 0.488. The van der Waals surface area contributed by atoms with Crippen molar-refractivity contribution in [3.63, 3.8) is 0 Å². The van der Waals surface area contributed by atoms with Gasteiger partial charge in [0.15, 0.2) is 5.96 Å². The quantitative estimate of drug-likeness (QED) is 0.495. The molecule has 0 aromatic carbocycles. The van der Waals surface area contributed by atoms with E-state index in [0.717, 1.165) is 37.6 Å². The summed E-state index contributed by atoms with van der Waals surface area (Å²) in [6, 6.07) is 2.61. The Morgan fingerprint density at radius 1 is 1.43 bits per heavy atom. The molecule has 1 aliphatic carbocycles. The van der Waals surface area contributed by atoms with Crippen molar-refractivity contribution in [1.29, 1.82) is 0 Å². The summed E-state index contributed by atoms with van der Waals surface area (Å²) >= 11 is 0. The molecule has 0 saturated heterocycles. The third kappa shape index (κ3) is 4.62. The van der Waals surface area contributed by atoms with Crippen molar-refractivity contribution in [2.75, 3.05) is 13.6 Å². The van der Waals surface area contributed by atoms with Gasteiger partial charge < -0.3 is 10.6 Å². The molecule has 1 aliphatic rings. The summed E-state index contributed by atoms with van der Waals surface area (Å²) in [6.07, 6.45) is 6.61. The number of nitrogens with one attached hydrogen (secondary N) is 2. The molecule has 0 saturated carbocycles. The van der Waals surface area contributed by atoms with E-state index in [-0.39, 0.29) is 0 Å². The predicted molar refractivity (Wildman–Crippen MR) is 87.5 cm³/mol. The summed E-state index contributed by atoms with van der Waals surface area (Å²) in [5.74, 6) is 1.38. The summed E-state index contributed by atoms with van der Waals surface area (Å²) in [5, 5.41) is 11.4. The van der Waals surface area contributed by atoms with Crippen LogP contribution in [-0.4, -0.2) is 35.4 Å². The van der Waals surface area contributed by atoms with Gasteiger partial charge in [-0.2, -0.15) is 5.10 Å². The minimum atomic E-state index is 0.488. The molecule has 0 bridgehead atoms. The van der Waals surface area contributed by atoms with Crippen LogP contribution >= 0.6 is 0 Å². The molecule has 2 rings (SSSR count). The van der Waals surface area contributed by atoms with E-state index in [4.69, 9.17) is 0 Å². The molecule has 5 nitrogen and oxygen atoms in total. The van der Waals surface area contributed by atoms with E-state index in [0.29, 0.717) is 12.0 Å². The summed E-state index contributed by atoms with van der Waals surface area (Å²) in [6.45, 7) is 8.18. The molecule has 21 heavy (non-hydrogen) atoms. The average Bonchev–Trinajstić information content (AvgIpc) is 3.05. The molecule has 0 spiro atoms. The van der Waals surface area contributed by atoms with Crippen LogP contribution in [-0.2, 0) is 6.54 Å². The van der Waals surface area contributed by atoms with E-state index in [2.05, 4.69) is 57.5 Å². The van der Waals surface area contributed by atoms with Crippen LogP contribution in [0.15, 0.2) is 23.2 Å². The van der Waals surface area contributed by atoms with Crippen LogP contribution in [0.3, 0.4) is 0 Å². The number of aromatic nitrogens is 2. The summed E-state index contributed by atoms with van der Waals surface area (Å²) in [7, 11) is 1.82. The van der Waals surface area contributed by atoms with Gasteiger partial charge in [0.2, 0.25) is 0 Å². The van der Waals surface area contributed by atoms with Gasteiger partial charge in [-0.3, -0.25) is 9.67 Å². The number of guanidine groups is 1. The van der Waals surface area contributed by atoms with Gasteiger partial charge in [-0.1, -0.05) is 19.1 Å². The molecule has 116 valence electrons. The van der Waals surface area contributed by atoms with Gasteiger partial charge in [0, 0.05) is 31.9 Å². The lowest BCUT2D eigenvalue weighted by molar-refractivity contribution is 0.434. The van der Waals surface area contributed by atoms with E-state index < -0.39 is 0 Å². The van der Waals surface area contributed by atoms with Crippen molar-refractivity contribution in [2.45, 2.75) is 46.2 Å². The molecule has 1 aromatic rings. The van der Waals surface area contributed by atoms with Gasteiger partial charge in [0.1, 0.15) is 0 Å². The number of nitrogens with zero attached hydrogens (tertiary/aromatic N) is 3. The monoisotopic (exact) mass is 289 g/mol. The van der Waals surface area contributed by atoms with Crippen molar-refractivity contribution in [3.05, 3.63) is 29.6 Å². The van der Waals surface area contributed by atoms with Crippen LogP contribution in [0.4, 0.5) is 0 Å². The van der Waals surface area contributed by atoms with Gasteiger partial charge in [-0.05, 0) is 38.7 Å². The van der Waals surface area contributed by atoms with E-state index in [1.54, 1.807) is 0 Å². The standard InChI is InChI=1S/C16H27N5/c1-12(11-21-14(3)9-13(2)20-21)10-18-16(17-4)19-15-7-5-6-8-15/h5-6,9,12,15H,7-8,10-11H2,1-4H3,(H2,17,18,19). The highest BCUT2D eigenvalue weighted by Crippen LogP contribution is 2.09. The Bertz CT molecular complexity index is 507. The molecule has 1 unspecified atom stereocenters. The Morgan fingerprint density at radius 3 is 2.71 bits per heavy atom. The maximum atomic E-state index is 4.52.